The van der Waals surface area contributed by atoms with Gasteiger partial charge in [-0.3, -0.25) is 4.79 Å². The van der Waals surface area contributed by atoms with Crippen molar-refractivity contribution < 1.29 is 10.0 Å². The third-order valence-electron chi connectivity index (χ3n) is 2.46. The second-order valence-electron chi connectivity index (χ2n) is 3.24. The fraction of sp³-hybridized carbons (Fsp3) is 0.300. The van der Waals surface area contributed by atoms with Crippen molar-refractivity contribution in [3.05, 3.63) is 35.4 Å². The largest absolute Gasteiger partial charge is 0.316 e. The van der Waals surface area contributed by atoms with Crippen molar-refractivity contribution in [3.63, 3.8) is 0 Å². The molecule has 0 radical (unpaired) electrons. The highest BCUT2D eigenvalue weighted by atomic mass is 16.5. The Morgan fingerprint density at radius 2 is 2.15 bits per heavy atom. The molecule has 3 heteroatoms. The first kappa shape index (κ1) is 8.41. The van der Waals surface area contributed by atoms with Crippen molar-refractivity contribution in [3.8, 4) is 0 Å². The Morgan fingerprint density at radius 3 is 2.92 bits per heavy atom. The van der Waals surface area contributed by atoms with Crippen molar-refractivity contribution in [1.29, 1.82) is 0 Å². The van der Waals surface area contributed by atoms with Gasteiger partial charge < -0.3 is 5.21 Å². The van der Waals surface area contributed by atoms with Crippen LogP contribution in [0.1, 0.15) is 22.3 Å². The molecule has 68 valence electrons. The van der Waals surface area contributed by atoms with Crippen LogP contribution >= 0.6 is 0 Å². The Kier molecular flexibility index (Phi) is 2.12. The second kappa shape index (κ2) is 3.28. The highest BCUT2D eigenvalue weighted by molar-refractivity contribution is 6.02. The molecule has 0 aliphatic heterocycles. The summed E-state index contributed by atoms with van der Waals surface area (Å²) in [4.78, 5) is 11.6. The van der Waals surface area contributed by atoms with Gasteiger partial charge in [-0.05, 0) is 18.4 Å². The monoisotopic (exact) mass is 177 g/mol. The number of hydrogen-bond acceptors (Lipinski definition) is 3. The average Bonchev–Trinajstić information content (AvgIpc) is 2.19. The molecule has 0 amide bonds. The van der Waals surface area contributed by atoms with Gasteiger partial charge in [0.1, 0.15) is 0 Å². The van der Waals surface area contributed by atoms with Crippen LogP contribution in [-0.4, -0.2) is 17.0 Å². The lowest BCUT2D eigenvalue weighted by Gasteiger charge is -2.21. The van der Waals surface area contributed by atoms with Gasteiger partial charge in [0.25, 0.3) is 0 Å². The number of ketones is 1. The SMILES string of the molecule is O=C1c2ccccc2CCC1NO. The van der Waals surface area contributed by atoms with Gasteiger partial charge in [0.05, 0.1) is 6.04 Å². The molecular formula is C10H11NO2. The van der Waals surface area contributed by atoms with Gasteiger partial charge in [0.2, 0.25) is 0 Å². The van der Waals surface area contributed by atoms with Gasteiger partial charge >= 0.3 is 0 Å². The summed E-state index contributed by atoms with van der Waals surface area (Å²) in [5.74, 6) is -0.00986. The summed E-state index contributed by atoms with van der Waals surface area (Å²) in [5.41, 5.74) is 3.86. The standard InChI is InChI=1S/C10H11NO2/c12-10-8-4-2-1-3-7(8)5-6-9(10)11-13/h1-4,9,11,13H,5-6H2. The first-order valence-electron chi connectivity index (χ1n) is 4.34. The maximum Gasteiger partial charge on any atom is 0.182 e. The maximum atomic E-state index is 11.6. The van der Waals surface area contributed by atoms with E-state index in [1.165, 1.54) is 0 Å². The first-order valence-corrected chi connectivity index (χ1v) is 4.34. The van der Waals surface area contributed by atoms with Gasteiger partial charge in [0, 0.05) is 5.56 Å². The van der Waals surface area contributed by atoms with Crippen LogP contribution in [0.3, 0.4) is 0 Å². The van der Waals surface area contributed by atoms with E-state index in [-0.39, 0.29) is 5.78 Å². The lowest BCUT2D eigenvalue weighted by Crippen LogP contribution is -2.38. The minimum absolute atomic E-state index is 0.00986. The van der Waals surface area contributed by atoms with Crippen LogP contribution < -0.4 is 5.48 Å². The second-order valence-corrected chi connectivity index (χ2v) is 3.24. The lowest BCUT2D eigenvalue weighted by molar-refractivity contribution is 0.0735. The van der Waals surface area contributed by atoms with Gasteiger partial charge in [-0.15, -0.1) is 0 Å². The average molecular weight is 177 g/mol. The van der Waals surface area contributed by atoms with E-state index in [0.717, 1.165) is 17.5 Å². The molecule has 0 aromatic heterocycles. The first-order chi connectivity index (χ1) is 6.33. The Morgan fingerprint density at radius 1 is 1.38 bits per heavy atom. The zero-order valence-electron chi connectivity index (χ0n) is 7.16. The van der Waals surface area contributed by atoms with Crippen molar-refractivity contribution >= 4 is 5.78 Å². The minimum atomic E-state index is -0.421. The van der Waals surface area contributed by atoms with Gasteiger partial charge in [-0.1, -0.05) is 24.3 Å². The molecule has 2 N–H and O–H groups in total. The molecule has 1 aliphatic carbocycles. The molecule has 0 spiro atoms. The van der Waals surface area contributed by atoms with Crippen molar-refractivity contribution in [1.82, 2.24) is 5.48 Å². The number of hydroxylamine groups is 1. The summed E-state index contributed by atoms with van der Waals surface area (Å²) in [6.45, 7) is 0. The minimum Gasteiger partial charge on any atom is -0.316 e. The summed E-state index contributed by atoms with van der Waals surface area (Å²) in [6.07, 6.45) is 1.52. The molecule has 1 aromatic carbocycles. The normalized spacial score (nSPS) is 21.3. The van der Waals surface area contributed by atoms with E-state index < -0.39 is 6.04 Å². The van der Waals surface area contributed by atoms with E-state index in [1.54, 1.807) is 6.07 Å². The van der Waals surface area contributed by atoms with E-state index in [1.807, 2.05) is 23.7 Å². The van der Waals surface area contributed by atoms with Crippen LogP contribution in [-0.2, 0) is 6.42 Å². The molecule has 1 unspecified atom stereocenters. The number of nitrogens with one attached hydrogen (secondary N) is 1. The zero-order valence-corrected chi connectivity index (χ0v) is 7.16. The van der Waals surface area contributed by atoms with Gasteiger partial charge in [-0.25, -0.2) is 0 Å². The molecule has 0 bridgehead atoms. The molecule has 0 fully saturated rings. The fourth-order valence-electron chi connectivity index (χ4n) is 1.72. The third kappa shape index (κ3) is 1.36. The predicted octanol–water partition coefficient (Wildman–Crippen LogP) is 1.16. The van der Waals surface area contributed by atoms with Gasteiger partial charge in [0.15, 0.2) is 5.78 Å². The predicted molar refractivity (Wildman–Crippen MR) is 47.8 cm³/mol. The Balaban J connectivity index is 2.39. The van der Waals surface area contributed by atoms with Crippen LogP contribution in [0.4, 0.5) is 0 Å². The molecule has 1 atom stereocenters. The van der Waals surface area contributed by atoms with Crippen LogP contribution in [0.25, 0.3) is 0 Å². The lowest BCUT2D eigenvalue weighted by atomic mass is 9.88. The van der Waals surface area contributed by atoms with E-state index in [9.17, 15) is 4.79 Å². The smallest absolute Gasteiger partial charge is 0.182 e. The van der Waals surface area contributed by atoms with Crippen molar-refractivity contribution in [2.24, 2.45) is 0 Å². The van der Waals surface area contributed by atoms with Gasteiger partial charge in [-0.2, -0.15) is 5.48 Å². The highest BCUT2D eigenvalue weighted by Gasteiger charge is 2.25. The van der Waals surface area contributed by atoms with Crippen molar-refractivity contribution in [2.45, 2.75) is 18.9 Å². The van der Waals surface area contributed by atoms with Crippen LogP contribution in [0.15, 0.2) is 24.3 Å². The van der Waals surface area contributed by atoms with E-state index in [0.29, 0.717) is 6.42 Å². The molecular weight excluding hydrogens is 166 g/mol. The Labute approximate surface area is 76.3 Å². The highest BCUT2D eigenvalue weighted by Crippen LogP contribution is 2.20. The van der Waals surface area contributed by atoms with Crippen LogP contribution in [0, 0.1) is 0 Å². The number of carbonyl (C=O) groups excluding carboxylic acids is 1. The number of rotatable bonds is 1. The molecule has 1 aliphatic rings. The summed E-state index contributed by atoms with van der Waals surface area (Å²) in [7, 11) is 0. The van der Waals surface area contributed by atoms with E-state index in [2.05, 4.69) is 0 Å². The zero-order chi connectivity index (χ0) is 9.26. The Bertz CT molecular complexity index is 335. The molecule has 3 nitrogen and oxygen atoms in total. The molecule has 1 aromatic rings. The molecule has 13 heavy (non-hydrogen) atoms. The molecule has 0 heterocycles. The summed E-state index contributed by atoms with van der Waals surface area (Å²) < 4.78 is 0. The molecule has 0 saturated carbocycles. The topological polar surface area (TPSA) is 49.3 Å². The number of benzene rings is 1. The third-order valence-corrected chi connectivity index (χ3v) is 2.46. The summed E-state index contributed by atoms with van der Waals surface area (Å²) >= 11 is 0. The number of aryl methyl sites for hydroxylation is 1. The number of carbonyl (C=O) groups is 1. The Hall–Kier alpha value is -1.19. The van der Waals surface area contributed by atoms with E-state index in [4.69, 9.17) is 5.21 Å². The fourth-order valence-corrected chi connectivity index (χ4v) is 1.72. The van der Waals surface area contributed by atoms with Crippen LogP contribution in [0.2, 0.25) is 0 Å². The number of Topliss-reactive ketones (excluding diaryl/α,β-unsaturated/α-hetero) is 1. The van der Waals surface area contributed by atoms with Crippen LogP contribution in [0.5, 0.6) is 0 Å². The van der Waals surface area contributed by atoms with E-state index >= 15 is 0 Å². The number of hydrogen-bond donors (Lipinski definition) is 2. The summed E-state index contributed by atoms with van der Waals surface area (Å²) in [6, 6.07) is 7.12. The number of fused-ring (bicyclic) bond motifs is 1. The molecule has 2 rings (SSSR count). The maximum absolute atomic E-state index is 11.6. The quantitative estimate of drug-likeness (QED) is 0.633. The summed E-state index contributed by atoms with van der Waals surface area (Å²) in [5, 5.41) is 8.72. The molecule has 0 saturated heterocycles. The van der Waals surface area contributed by atoms with Crippen molar-refractivity contribution in [2.75, 3.05) is 0 Å².